The summed E-state index contributed by atoms with van der Waals surface area (Å²) in [5.74, 6) is 1.43. The number of benzene rings is 1. The van der Waals surface area contributed by atoms with E-state index in [-0.39, 0.29) is 6.04 Å². The molecule has 0 aliphatic carbocycles. The van der Waals surface area contributed by atoms with Crippen LogP contribution >= 0.6 is 0 Å². The van der Waals surface area contributed by atoms with Crippen molar-refractivity contribution in [3.63, 3.8) is 0 Å². The number of anilines is 1. The van der Waals surface area contributed by atoms with Crippen molar-refractivity contribution in [3.05, 3.63) is 36.4 Å². The molecule has 6 heteroatoms. The summed E-state index contributed by atoms with van der Waals surface area (Å²) in [5.41, 5.74) is 6.94. The fourth-order valence-electron chi connectivity index (χ4n) is 2.23. The highest BCUT2D eigenvalue weighted by Crippen LogP contribution is 2.20. The van der Waals surface area contributed by atoms with E-state index in [0.29, 0.717) is 12.4 Å². The van der Waals surface area contributed by atoms with Crippen molar-refractivity contribution in [1.82, 2.24) is 24.5 Å². The molecule has 1 aromatic carbocycles. The molecule has 0 amide bonds. The Labute approximate surface area is 110 Å². The van der Waals surface area contributed by atoms with Gasteiger partial charge in [0, 0.05) is 11.4 Å². The number of nitrogens with two attached hydrogens (primary N) is 1. The van der Waals surface area contributed by atoms with E-state index in [1.165, 1.54) is 0 Å². The normalized spacial score (nSPS) is 11.5. The summed E-state index contributed by atoms with van der Waals surface area (Å²) in [6.07, 6.45) is 1.57. The third kappa shape index (κ3) is 1.95. The van der Waals surface area contributed by atoms with Crippen molar-refractivity contribution in [2.75, 3.05) is 5.73 Å². The maximum absolute atomic E-state index is 5.93. The first-order valence-electron chi connectivity index (χ1n) is 6.26. The monoisotopic (exact) mass is 256 g/mol. The van der Waals surface area contributed by atoms with Crippen molar-refractivity contribution in [1.29, 1.82) is 0 Å². The lowest BCUT2D eigenvalue weighted by atomic mass is 10.2. The lowest BCUT2D eigenvalue weighted by molar-refractivity contribution is 0.491. The molecule has 0 spiro atoms. The quantitative estimate of drug-likeness (QED) is 0.776. The molecule has 2 heterocycles. The molecule has 19 heavy (non-hydrogen) atoms. The Bertz CT molecular complexity index is 709. The Kier molecular flexibility index (Phi) is 2.70. The summed E-state index contributed by atoms with van der Waals surface area (Å²) in [6, 6.07) is 8.20. The summed E-state index contributed by atoms with van der Waals surface area (Å²) in [4.78, 5) is 4.30. The van der Waals surface area contributed by atoms with Crippen LogP contribution in [0.1, 0.15) is 25.7 Å². The van der Waals surface area contributed by atoms with Crippen molar-refractivity contribution < 1.29 is 0 Å². The van der Waals surface area contributed by atoms with E-state index in [2.05, 4.69) is 29.0 Å². The highest BCUT2D eigenvalue weighted by molar-refractivity contribution is 5.88. The van der Waals surface area contributed by atoms with Gasteiger partial charge < -0.3 is 5.73 Å². The zero-order valence-electron chi connectivity index (χ0n) is 11.0. The molecule has 0 radical (unpaired) electrons. The van der Waals surface area contributed by atoms with Crippen LogP contribution in [-0.4, -0.2) is 24.5 Å². The van der Waals surface area contributed by atoms with Gasteiger partial charge in [-0.3, -0.25) is 4.68 Å². The molecule has 2 aromatic heterocycles. The number of nitrogen functional groups attached to an aromatic ring is 1. The second-order valence-electron chi connectivity index (χ2n) is 4.77. The number of fused-ring (bicyclic) bond motifs is 1. The number of hydrogen-bond donors (Lipinski definition) is 1. The van der Waals surface area contributed by atoms with Gasteiger partial charge >= 0.3 is 0 Å². The first-order chi connectivity index (χ1) is 9.16. The van der Waals surface area contributed by atoms with Gasteiger partial charge in [-0.05, 0) is 26.0 Å². The van der Waals surface area contributed by atoms with Crippen molar-refractivity contribution >= 4 is 16.7 Å². The van der Waals surface area contributed by atoms with Crippen LogP contribution in [0.15, 0.2) is 30.6 Å². The van der Waals surface area contributed by atoms with E-state index >= 15 is 0 Å². The molecule has 0 atom stereocenters. The standard InChI is InChI=1S/C13H16N6/c1-9(2)19-12(15-8-16-19)7-18-11-6-4-3-5-10(11)13(14)17-18/h3-6,8-9H,7H2,1-2H3,(H2,14,17). The predicted molar refractivity (Wildman–Crippen MR) is 73.7 cm³/mol. The van der Waals surface area contributed by atoms with E-state index in [1.54, 1.807) is 6.33 Å². The summed E-state index contributed by atoms with van der Waals surface area (Å²) in [6.45, 7) is 4.72. The number of hydrogen-bond acceptors (Lipinski definition) is 4. The molecular weight excluding hydrogens is 240 g/mol. The fourth-order valence-corrected chi connectivity index (χ4v) is 2.23. The van der Waals surface area contributed by atoms with Crippen LogP contribution < -0.4 is 5.73 Å². The Morgan fingerprint density at radius 1 is 1.26 bits per heavy atom. The third-order valence-corrected chi connectivity index (χ3v) is 3.11. The molecule has 0 saturated carbocycles. The Balaban J connectivity index is 2.04. The van der Waals surface area contributed by atoms with E-state index in [9.17, 15) is 0 Å². The molecule has 0 aliphatic heterocycles. The minimum absolute atomic E-state index is 0.275. The van der Waals surface area contributed by atoms with Crippen LogP contribution in [0.4, 0.5) is 5.82 Å². The Morgan fingerprint density at radius 2 is 2.05 bits per heavy atom. The summed E-state index contributed by atoms with van der Waals surface area (Å²) in [7, 11) is 0. The molecule has 0 saturated heterocycles. The molecule has 0 fully saturated rings. The summed E-state index contributed by atoms with van der Waals surface area (Å²) in [5, 5.41) is 9.58. The Hall–Kier alpha value is -2.37. The highest BCUT2D eigenvalue weighted by atomic mass is 15.4. The SMILES string of the molecule is CC(C)n1ncnc1Cn1nc(N)c2ccccc21. The molecule has 2 N–H and O–H groups in total. The van der Waals surface area contributed by atoms with Crippen LogP contribution in [0.25, 0.3) is 10.9 Å². The van der Waals surface area contributed by atoms with E-state index in [0.717, 1.165) is 16.7 Å². The van der Waals surface area contributed by atoms with Crippen LogP contribution in [0, 0.1) is 0 Å². The van der Waals surface area contributed by atoms with Gasteiger partial charge in [-0.25, -0.2) is 9.67 Å². The molecular formula is C13H16N6. The van der Waals surface area contributed by atoms with Gasteiger partial charge in [0.25, 0.3) is 0 Å². The number of aromatic nitrogens is 5. The van der Waals surface area contributed by atoms with Gasteiger partial charge in [0.1, 0.15) is 18.7 Å². The summed E-state index contributed by atoms with van der Waals surface area (Å²) < 4.78 is 3.76. The maximum Gasteiger partial charge on any atom is 0.153 e. The first kappa shape index (κ1) is 11.7. The fraction of sp³-hybridized carbons (Fsp3) is 0.308. The van der Waals surface area contributed by atoms with Crippen molar-refractivity contribution in [2.24, 2.45) is 0 Å². The highest BCUT2D eigenvalue weighted by Gasteiger charge is 2.12. The molecule has 0 bridgehead atoms. The van der Waals surface area contributed by atoms with Crippen LogP contribution in [0.3, 0.4) is 0 Å². The number of para-hydroxylation sites is 1. The lowest BCUT2D eigenvalue weighted by Gasteiger charge is -2.09. The lowest BCUT2D eigenvalue weighted by Crippen LogP contribution is -2.12. The van der Waals surface area contributed by atoms with E-state index < -0.39 is 0 Å². The topological polar surface area (TPSA) is 74.5 Å². The number of nitrogens with zero attached hydrogens (tertiary/aromatic N) is 5. The van der Waals surface area contributed by atoms with E-state index in [1.807, 2.05) is 33.6 Å². The molecule has 0 unspecified atom stereocenters. The van der Waals surface area contributed by atoms with Crippen LogP contribution in [0.5, 0.6) is 0 Å². The van der Waals surface area contributed by atoms with Crippen LogP contribution in [-0.2, 0) is 6.54 Å². The third-order valence-electron chi connectivity index (χ3n) is 3.11. The van der Waals surface area contributed by atoms with Crippen molar-refractivity contribution in [2.45, 2.75) is 26.4 Å². The average Bonchev–Trinajstić information content (AvgIpc) is 2.97. The second kappa shape index (κ2) is 4.38. The van der Waals surface area contributed by atoms with Gasteiger partial charge in [0.2, 0.25) is 0 Å². The molecule has 3 aromatic rings. The van der Waals surface area contributed by atoms with Gasteiger partial charge in [-0.2, -0.15) is 10.2 Å². The minimum Gasteiger partial charge on any atom is -0.382 e. The van der Waals surface area contributed by atoms with Crippen LogP contribution in [0.2, 0.25) is 0 Å². The molecule has 98 valence electrons. The summed E-state index contributed by atoms with van der Waals surface area (Å²) >= 11 is 0. The largest absolute Gasteiger partial charge is 0.382 e. The van der Waals surface area contributed by atoms with Crippen molar-refractivity contribution in [3.8, 4) is 0 Å². The second-order valence-corrected chi connectivity index (χ2v) is 4.77. The zero-order valence-corrected chi connectivity index (χ0v) is 11.0. The predicted octanol–water partition coefficient (Wildman–Crippen LogP) is 1.84. The molecule has 6 nitrogen and oxygen atoms in total. The molecule has 3 rings (SSSR count). The molecule has 0 aliphatic rings. The van der Waals surface area contributed by atoms with Gasteiger partial charge in [-0.1, -0.05) is 12.1 Å². The van der Waals surface area contributed by atoms with Gasteiger partial charge in [0.05, 0.1) is 5.52 Å². The Morgan fingerprint density at radius 3 is 2.84 bits per heavy atom. The first-order valence-corrected chi connectivity index (χ1v) is 6.26. The van der Waals surface area contributed by atoms with E-state index in [4.69, 9.17) is 5.73 Å². The van der Waals surface area contributed by atoms with Gasteiger partial charge in [0.15, 0.2) is 5.82 Å². The maximum atomic E-state index is 5.93. The minimum atomic E-state index is 0.275. The zero-order chi connectivity index (χ0) is 13.4. The average molecular weight is 256 g/mol. The smallest absolute Gasteiger partial charge is 0.153 e. The number of rotatable bonds is 3. The van der Waals surface area contributed by atoms with Gasteiger partial charge in [-0.15, -0.1) is 0 Å².